The molecule has 3 nitrogen and oxygen atoms in total. The van der Waals surface area contributed by atoms with E-state index in [0.29, 0.717) is 13.1 Å². The van der Waals surface area contributed by atoms with Crippen LogP contribution in [0.3, 0.4) is 0 Å². The second-order valence-corrected chi connectivity index (χ2v) is 5.61. The second kappa shape index (κ2) is 3.33. The van der Waals surface area contributed by atoms with Crippen LogP contribution < -0.4 is 0 Å². The molecular formula is C14H17NO2. The van der Waals surface area contributed by atoms with Crippen LogP contribution in [-0.4, -0.2) is 34.6 Å². The minimum absolute atomic E-state index is 0.190. The molecule has 1 N–H and O–H groups in total. The molecule has 1 heterocycles. The van der Waals surface area contributed by atoms with Gasteiger partial charge in [-0.15, -0.1) is 0 Å². The molecule has 1 saturated carbocycles. The fourth-order valence-electron chi connectivity index (χ4n) is 2.73. The molecule has 0 aromatic heterocycles. The van der Waals surface area contributed by atoms with Crippen molar-refractivity contribution in [2.75, 3.05) is 13.1 Å². The molecule has 1 saturated heterocycles. The van der Waals surface area contributed by atoms with Gasteiger partial charge in [-0.2, -0.15) is 0 Å². The first-order chi connectivity index (χ1) is 8.04. The summed E-state index contributed by atoms with van der Waals surface area (Å²) in [5.41, 5.74) is 0.164. The van der Waals surface area contributed by atoms with E-state index in [1.54, 1.807) is 11.8 Å². The van der Waals surface area contributed by atoms with E-state index in [1.807, 2.05) is 30.3 Å². The molecule has 3 rings (SSSR count). The maximum absolute atomic E-state index is 12.4. The standard InChI is InChI=1S/C14H17NO2/c1-13(17)9-15(10-13)12(16)14(7-8-14)11-5-3-2-4-6-11/h2-6,17H,7-10H2,1H3. The monoisotopic (exact) mass is 231 g/mol. The quantitative estimate of drug-likeness (QED) is 0.833. The first kappa shape index (κ1) is 10.8. The predicted molar refractivity (Wildman–Crippen MR) is 64.6 cm³/mol. The summed E-state index contributed by atoms with van der Waals surface area (Å²) in [4.78, 5) is 14.2. The van der Waals surface area contributed by atoms with Gasteiger partial charge in [0.25, 0.3) is 0 Å². The molecule has 0 spiro atoms. The van der Waals surface area contributed by atoms with E-state index in [-0.39, 0.29) is 11.3 Å². The van der Waals surface area contributed by atoms with Crippen LogP contribution >= 0.6 is 0 Å². The highest BCUT2D eigenvalue weighted by molar-refractivity contribution is 5.92. The van der Waals surface area contributed by atoms with Crippen LogP contribution in [0.4, 0.5) is 0 Å². The summed E-state index contributed by atoms with van der Waals surface area (Å²) in [6.45, 7) is 2.72. The Hall–Kier alpha value is -1.35. The lowest BCUT2D eigenvalue weighted by Crippen LogP contribution is -2.63. The number of carbonyl (C=O) groups is 1. The number of β-amino-alcohol motifs (C(OH)–C–C–N with tert-alkyl or cyclic N) is 1. The molecule has 1 aromatic rings. The van der Waals surface area contributed by atoms with Gasteiger partial charge in [0.1, 0.15) is 0 Å². The number of aliphatic hydroxyl groups is 1. The molecule has 0 radical (unpaired) electrons. The number of hydrogen-bond donors (Lipinski definition) is 1. The van der Waals surface area contributed by atoms with E-state index in [0.717, 1.165) is 18.4 Å². The zero-order chi connectivity index (χ0) is 12.1. The fourth-order valence-corrected chi connectivity index (χ4v) is 2.73. The van der Waals surface area contributed by atoms with E-state index < -0.39 is 5.60 Å². The number of amides is 1. The van der Waals surface area contributed by atoms with Crippen LogP contribution in [0.15, 0.2) is 30.3 Å². The third-order valence-electron chi connectivity index (χ3n) is 3.84. The summed E-state index contributed by atoms with van der Waals surface area (Å²) in [5.74, 6) is 0.190. The molecule has 0 bridgehead atoms. The average molecular weight is 231 g/mol. The Morgan fingerprint density at radius 1 is 1.24 bits per heavy atom. The lowest BCUT2D eigenvalue weighted by Gasteiger charge is -2.45. The van der Waals surface area contributed by atoms with Gasteiger partial charge in [0.05, 0.1) is 24.1 Å². The lowest BCUT2D eigenvalue weighted by molar-refractivity contribution is -0.155. The number of likely N-dealkylation sites (tertiary alicyclic amines) is 1. The van der Waals surface area contributed by atoms with Crippen LogP contribution in [0.5, 0.6) is 0 Å². The molecule has 1 amide bonds. The first-order valence-electron chi connectivity index (χ1n) is 6.11. The first-order valence-corrected chi connectivity index (χ1v) is 6.11. The largest absolute Gasteiger partial charge is 0.386 e. The highest BCUT2D eigenvalue weighted by Crippen LogP contribution is 2.50. The van der Waals surface area contributed by atoms with Crippen LogP contribution in [0.25, 0.3) is 0 Å². The van der Waals surface area contributed by atoms with Gasteiger partial charge in [-0.05, 0) is 25.3 Å². The van der Waals surface area contributed by atoms with Gasteiger partial charge in [0.2, 0.25) is 5.91 Å². The van der Waals surface area contributed by atoms with Crippen LogP contribution in [0.2, 0.25) is 0 Å². The minimum atomic E-state index is -0.678. The van der Waals surface area contributed by atoms with Crippen LogP contribution in [0, 0.1) is 0 Å². The van der Waals surface area contributed by atoms with Crippen molar-refractivity contribution in [2.24, 2.45) is 0 Å². The molecule has 3 heteroatoms. The summed E-state index contributed by atoms with van der Waals surface area (Å²) in [5, 5.41) is 9.70. The number of carbonyl (C=O) groups excluding carboxylic acids is 1. The lowest BCUT2D eigenvalue weighted by atomic mass is 9.89. The Labute approximate surface area is 101 Å². The predicted octanol–water partition coefficient (Wildman–Crippen LogP) is 1.31. The third-order valence-corrected chi connectivity index (χ3v) is 3.84. The molecule has 90 valence electrons. The van der Waals surface area contributed by atoms with Gasteiger partial charge in [-0.3, -0.25) is 4.79 Å². The van der Waals surface area contributed by atoms with Crippen molar-refractivity contribution in [1.82, 2.24) is 4.90 Å². The van der Waals surface area contributed by atoms with E-state index in [2.05, 4.69) is 0 Å². The van der Waals surface area contributed by atoms with Crippen molar-refractivity contribution < 1.29 is 9.90 Å². The van der Waals surface area contributed by atoms with Crippen molar-refractivity contribution in [3.63, 3.8) is 0 Å². The smallest absolute Gasteiger partial charge is 0.233 e. The SMILES string of the molecule is CC1(O)CN(C(=O)C2(c3ccccc3)CC2)C1. The molecule has 0 unspecified atom stereocenters. The molecule has 17 heavy (non-hydrogen) atoms. The van der Waals surface area contributed by atoms with Gasteiger partial charge >= 0.3 is 0 Å². The second-order valence-electron chi connectivity index (χ2n) is 5.61. The van der Waals surface area contributed by atoms with Crippen molar-refractivity contribution >= 4 is 5.91 Å². The van der Waals surface area contributed by atoms with Crippen molar-refractivity contribution in [3.05, 3.63) is 35.9 Å². The zero-order valence-electron chi connectivity index (χ0n) is 10.0. The maximum Gasteiger partial charge on any atom is 0.233 e. The van der Waals surface area contributed by atoms with E-state index in [1.165, 1.54) is 0 Å². The van der Waals surface area contributed by atoms with Gasteiger partial charge in [-0.25, -0.2) is 0 Å². The average Bonchev–Trinajstić information content (AvgIpc) is 3.07. The van der Waals surface area contributed by atoms with E-state index >= 15 is 0 Å². The molecule has 1 aromatic carbocycles. The summed E-state index contributed by atoms with van der Waals surface area (Å²) in [6.07, 6.45) is 1.88. The van der Waals surface area contributed by atoms with Crippen LogP contribution in [-0.2, 0) is 10.2 Å². The molecule has 1 aliphatic heterocycles. The molecule has 2 fully saturated rings. The summed E-state index contributed by atoms with van der Waals surface area (Å²) < 4.78 is 0. The third kappa shape index (κ3) is 1.65. The molecule has 1 aliphatic carbocycles. The summed E-state index contributed by atoms with van der Waals surface area (Å²) >= 11 is 0. The van der Waals surface area contributed by atoms with Gasteiger partial charge in [0, 0.05) is 0 Å². The molecule has 2 aliphatic rings. The Morgan fingerprint density at radius 2 is 1.82 bits per heavy atom. The van der Waals surface area contributed by atoms with Gasteiger partial charge in [-0.1, -0.05) is 30.3 Å². The molecule has 0 atom stereocenters. The Bertz CT molecular complexity index is 441. The highest BCUT2D eigenvalue weighted by Gasteiger charge is 2.55. The molecular weight excluding hydrogens is 214 g/mol. The zero-order valence-corrected chi connectivity index (χ0v) is 10.0. The van der Waals surface area contributed by atoms with Crippen molar-refractivity contribution in [1.29, 1.82) is 0 Å². The number of hydrogen-bond acceptors (Lipinski definition) is 2. The number of rotatable bonds is 2. The normalized spacial score (nSPS) is 24.0. The highest BCUT2D eigenvalue weighted by atomic mass is 16.3. The topological polar surface area (TPSA) is 40.5 Å². The summed E-state index contributed by atoms with van der Waals surface area (Å²) in [7, 11) is 0. The Balaban J connectivity index is 1.79. The van der Waals surface area contributed by atoms with E-state index in [9.17, 15) is 9.90 Å². The van der Waals surface area contributed by atoms with Gasteiger partial charge < -0.3 is 10.0 Å². The van der Waals surface area contributed by atoms with Crippen molar-refractivity contribution in [2.45, 2.75) is 30.8 Å². The fraction of sp³-hybridized carbons (Fsp3) is 0.500. The van der Waals surface area contributed by atoms with Crippen molar-refractivity contribution in [3.8, 4) is 0 Å². The van der Waals surface area contributed by atoms with Crippen LogP contribution in [0.1, 0.15) is 25.3 Å². The number of nitrogens with zero attached hydrogens (tertiary/aromatic N) is 1. The van der Waals surface area contributed by atoms with E-state index in [4.69, 9.17) is 0 Å². The summed E-state index contributed by atoms with van der Waals surface area (Å²) in [6, 6.07) is 9.99. The van der Waals surface area contributed by atoms with Gasteiger partial charge in [0.15, 0.2) is 0 Å². The Kier molecular flexibility index (Phi) is 2.11. The maximum atomic E-state index is 12.4. The Morgan fingerprint density at radius 3 is 2.29 bits per heavy atom. The number of benzene rings is 1. The minimum Gasteiger partial charge on any atom is -0.386 e.